The lowest BCUT2D eigenvalue weighted by molar-refractivity contribution is -0.140. The number of rotatable bonds is 0. The number of amides is 2. The zero-order valence-electron chi connectivity index (χ0n) is 8.67. The van der Waals surface area contributed by atoms with E-state index in [1.54, 1.807) is 7.05 Å². The van der Waals surface area contributed by atoms with Crippen molar-refractivity contribution >= 4 is 11.8 Å². The molecule has 1 spiro atoms. The smallest absolute Gasteiger partial charge is 0.236 e. The molecule has 4 heteroatoms. The van der Waals surface area contributed by atoms with Gasteiger partial charge in [-0.25, -0.2) is 0 Å². The summed E-state index contributed by atoms with van der Waals surface area (Å²) in [6.07, 6.45) is 1.59. The second-order valence-electron chi connectivity index (χ2n) is 4.33. The maximum atomic E-state index is 12.0. The van der Waals surface area contributed by atoms with Crippen molar-refractivity contribution in [2.75, 3.05) is 20.1 Å². The molecule has 2 saturated heterocycles. The van der Waals surface area contributed by atoms with Gasteiger partial charge in [-0.15, -0.1) is 0 Å². The molecule has 1 N–H and O–H groups in total. The van der Waals surface area contributed by atoms with Crippen molar-refractivity contribution in [1.29, 1.82) is 0 Å². The minimum Gasteiger partial charge on any atom is -0.317 e. The molecule has 0 saturated carbocycles. The minimum atomic E-state index is -0.392. The molecule has 2 fully saturated rings. The summed E-state index contributed by atoms with van der Waals surface area (Å²) in [5.74, 6) is -0.129. The lowest BCUT2D eigenvalue weighted by Gasteiger charge is -2.33. The summed E-state index contributed by atoms with van der Waals surface area (Å²) in [5.41, 5.74) is -0.392. The summed E-state index contributed by atoms with van der Waals surface area (Å²) in [4.78, 5) is 25.0. The molecule has 0 aliphatic carbocycles. The van der Waals surface area contributed by atoms with Crippen LogP contribution in [0.25, 0.3) is 0 Å². The molecule has 1 unspecified atom stereocenters. The van der Waals surface area contributed by atoms with E-state index in [1.807, 2.05) is 6.92 Å². The highest BCUT2D eigenvalue weighted by molar-refractivity contribution is 6.07. The van der Waals surface area contributed by atoms with Crippen molar-refractivity contribution in [2.24, 2.45) is 11.3 Å². The third-order valence-corrected chi connectivity index (χ3v) is 3.76. The number of imide groups is 1. The number of hydrogen-bond acceptors (Lipinski definition) is 3. The van der Waals surface area contributed by atoms with Gasteiger partial charge in [-0.1, -0.05) is 6.92 Å². The molecule has 2 rings (SSSR count). The van der Waals surface area contributed by atoms with Crippen molar-refractivity contribution < 1.29 is 9.59 Å². The highest BCUT2D eigenvalue weighted by Gasteiger charge is 2.55. The van der Waals surface area contributed by atoms with Crippen LogP contribution in [0.4, 0.5) is 0 Å². The molecule has 2 aliphatic heterocycles. The molecule has 2 amide bonds. The van der Waals surface area contributed by atoms with Gasteiger partial charge in [0.25, 0.3) is 0 Å². The van der Waals surface area contributed by atoms with Crippen LogP contribution in [0.2, 0.25) is 0 Å². The number of nitrogens with one attached hydrogen (secondary N) is 1. The quantitative estimate of drug-likeness (QED) is 0.554. The molecular weight excluding hydrogens is 180 g/mol. The molecule has 1 atom stereocenters. The molecule has 0 radical (unpaired) electrons. The first kappa shape index (κ1) is 9.65. The molecule has 2 heterocycles. The van der Waals surface area contributed by atoms with Crippen molar-refractivity contribution in [2.45, 2.75) is 19.8 Å². The molecule has 0 bridgehead atoms. The van der Waals surface area contributed by atoms with Gasteiger partial charge < -0.3 is 5.32 Å². The van der Waals surface area contributed by atoms with Crippen LogP contribution in [0.5, 0.6) is 0 Å². The van der Waals surface area contributed by atoms with Crippen molar-refractivity contribution in [3.8, 4) is 0 Å². The summed E-state index contributed by atoms with van der Waals surface area (Å²) in [5, 5.41) is 3.22. The molecule has 0 aromatic rings. The first-order chi connectivity index (χ1) is 6.59. The third-order valence-electron chi connectivity index (χ3n) is 3.76. The Morgan fingerprint density at radius 2 is 1.93 bits per heavy atom. The number of hydrogen-bond donors (Lipinski definition) is 1. The molecule has 0 aromatic carbocycles. The van der Waals surface area contributed by atoms with Crippen molar-refractivity contribution in [1.82, 2.24) is 10.2 Å². The largest absolute Gasteiger partial charge is 0.317 e. The number of nitrogens with zero attached hydrogens (tertiary/aromatic N) is 1. The number of carbonyl (C=O) groups excluding carboxylic acids is 2. The number of likely N-dealkylation sites (tertiary alicyclic amines) is 1. The average molecular weight is 196 g/mol. The van der Waals surface area contributed by atoms with Gasteiger partial charge in [-0.3, -0.25) is 14.5 Å². The SMILES string of the molecule is CC1C(=O)N(C)C(=O)C12CCNCC2. The van der Waals surface area contributed by atoms with E-state index >= 15 is 0 Å². The summed E-state index contributed by atoms with van der Waals surface area (Å²) < 4.78 is 0. The monoisotopic (exact) mass is 196 g/mol. The minimum absolute atomic E-state index is 0.0168. The van der Waals surface area contributed by atoms with E-state index < -0.39 is 5.41 Å². The van der Waals surface area contributed by atoms with Gasteiger partial charge in [0, 0.05) is 7.05 Å². The lowest BCUT2D eigenvalue weighted by Crippen LogP contribution is -2.44. The summed E-state index contributed by atoms with van der Waals surface area (Å²) in [6, 6.07) is 0. The van der Waals surface area contributed by atoms with E-state index in [1.165, 1.54) is 4.90 Å². The maximum absolute atomic E-state index is 12.0. The Morgan fingerprint density at radius 1 is 1.36 bits per heavy atom. The van der Waals surface area contributed by atoms with Crippen LogP contribution in [-0.2, 0) is 9.59 Å². The molecule has 0 aromatic heterocycles. The van der Waals surface area contributed by atoms with Crippen LogP contribution in [0.15, 0.2) is 0 Å². The fourth-order valence-electron chi connectivity index (χ4n) is 2.67. The average Bonchev–Trinajstić information content (AvgIpc) is 2.37. The standard InChI is InChI=1S/C10H16N2O2/c1-7-8(13)12(2)9(14)10(7)3-5-11-6-4-10/h7,11H,3-6H2,1-2H3. The second-order valence-corrected chi connectivity index (χ2v) is 4.33. The molecule has 2 aliphatic rings. The topological polar surface area (TPSA) is 49.4 Å². The Morgan fingerprint density at radius 3 is 2.36 bits per heavy atom. The molecule has 4 nitrogen and oxygen atoms in total. The van der Waals surface area contributed by atoms with E-state index in [0.29, 0.717) is 0 Å². The van der Waals surface area contributed by atoms with Gasteiger partial charge in [0.1, 0.15) is 0 Å². The van der Waals surface area contributed by atoms with Crippen LogP contribution in [0.3, 0.4) is 0 Å². The van der Waals surface area contributed by atoms with Gasteiger partial charge in [-0.05, 0) is 25.9 Å². The van der Waals surface area contributed by atoms with E-state index in [9.17, 15) is 9.59 Å². The Bertz CT molecular complexity index is 282. The second kappa shape index (κ2) is 3.05. The van der Waals surface area contributed by atoms with Crippen molar-refractivity contribution in [3.05, 3.63) is 0 Å². The zero-order valence-corrected chi connectivity index (χ0v) is 8.67. The Balaban J connectivity index is 2.33. The number of piperidine rings is 1. The van der Waals surface area contributed by atoms with Crippen LogP contribution in [0.1, 0.15) is 19.8 Å². The number of carbonyl (C=O) groups is 2. The molecule has 78 valence electrons. The van der Waals surface area contributed by atoms with Gasteiger partial charge in [0.05, 0.1) is 11.3 Å². The first-order valence-electron chi connectivity index (χ1n) is 5.12. The fourth-order valence-corrected chi connectivity index (χ4v) is 2.67. The normalized spacial score (nSPS) is 31.6. The van der Waals surface area contributed by atoms with Gasteiger partial charge >= 0.3 is 0 Å². The molecular formula is C10H16N2O2. The van der Waals surface area contributed by atoms with Gasteiger partial charge in [0.2, 0.25) is 11.8 Å². The van der Waals surface area contributed by atoms with Crippen LogP contribution >= 0.6 is 0 Å². The van der Waals surface area contributed by atoms with Gasteiger partial charge in [-0.2, -0.15) is 0 Å². The maximum Gasteiger partial charge on any atom is 0.236 e. The highest BCUT2D eigenvalue weighted by Crippen LogP contribution is 2.44. The Labute approximate surface area is 83.6 Å². The van der Waals surface area contributed by atoms with Crippen LogP contribution in [0, 0.1) is 11.3 Å². The van der Waals surface area contributed by atoms with E-state index in [-0.39, 0.29) is 17.7 Å². The summed E-state index contributed by atoms with van der Waals surface area (Å²) in [7, 11) is 1.60. The summed E-state index contributed by atoms with van der Waals surface area (Å²) >= 11 is 0. The zero-order chi connectivity index (χ0) is 10.3. The summed E-state index contributed by atoms with van der Waals surface area (Å²) in [6.45, 7) is 3.57. The van der Waals surface area contributed by atoms with Crippen molar-refractivity contribution in [3.63, 3.8) is 0 Å². The first-order valence-corrected chi connectivity index (χ1v) is 5.12. The van der Waals surface area contributed by atoms with Crippen LogP contribution < -0.4 is 5.32 Å². The Hall–Kier alpha value is -0.900. The third kappa shape index (κ3) is 1.03. The predicted molar refractivity (Wildman–Crippen MR) is 51.5 cm³/mol. The van der Waals surface area contributed by atoms with Gasteiger partial charge in [0.15, 0.2) is 0 Å². The van der Waals surface area contributed by atoms with E-state index in [0.717, 1.165) is 25.9 Å². The van der Waals surface area contributed by atoms with Crippen LogP contribution in [-0.4, -0.2) is 36.9 Å². The fraction of sp³-hybridized carbons (Fsp3) is 0.800. The highest BCUT2D eigenvalue weighted by atomic mass is 16.2. The lowest BCUT2D eigenvalue weighted by atomic mass is 9.71. The predicted octanol–water partition coefficient (Wildman–Crippen LogP) is -0.00910. The molecule has 14 heavy (non-hydrogen) atoms. The van der Waals surface area contributed by atoms with E-state index in [4.69, 9.17) is 0 Å². The Kier molecular flexibility index (Phi) is 2.10. The van der Waals surface area contributed by atoms with E-state index in [2.05, 4.69) is 5.32 Å².